The summed E-state index contributed by atoms with van der Waals surface area (Å²) in [5, 5.41) is 16.8. The summed E-state index contributed by atoms with van der Waals surface area (Å²) in [7, 11) is 0. The van der Waals surface area contributed by atoms with Gasteiger partial charge in [0.25, 0.3) is 5.91 Å². The van der Waals surface area contributed by atoms with Gasteiger partial charge in [-0.3, -0.25) is 9.89 Å². The molecule has 0 bridgehead atoms. The lowest BCUT2D eigenvalue weighted by Crippen LogP contribution is -2.14. The highest BCUT2D eigenvalue weighted by Gasteiger charge is 2.13. The van der Waals surface area contributed by atoms with Crippen LogP contribution in [0.1, 0.15) is 21.0 Å². The first-order valence-electron chi connectivity index (χ1n) is 4.77. The number of hydrogen-bond donors (Lipinski definition) is 3. The zero-order valence-corrected chi connectivity index (χ0v) is 8.85. The number of carbonyl (C=O) groups is 2. The molecule has 18 heavy (non-hydrogen) atoms. The number of H-pyrrole nitrogens is 1. The number of aromatic carboxylic acids is 1. The van der Waals surface area contributed by atoms with Gasteiger partial charge in [0.1, 0.15) is 12.1 Å². The largest absolute Gasteiger partial charge is 0.478 e. The summed E-state index contributed by atoms with van der Waals surface area (Å²) in [4.78, 5) is 25.7. The van der Waals surface area contributed by atoms with Crippen LogP contribution in [0.2, 0.25) is 0 Å². The van der Waals surface area contributed by atoms with E-state index in [2.05, 4.69) is 20.5 Å². The van der Waals surface area contributed by atoms with E-state index in [9.17, 15) is 14.0 Å². The van der Waals surface area contributed by atoms with Gasteiger partial charge in [-0.2, -0.15) is 5.10 Å². The van der Waals surface area contributed by atoms with E-state index in [4.69, 9.17) is 5.11 Å². The molecule has 0 aliphatic heterocycles. The smallest absolute Gasteiger partial charge is 0.338 e. The van der Waals surface area contributed by atoms with Crippen molar-refractivity contribution in [1.82, 2.24) is 15.2 Å². The molecule has 0 radical (unpaired) electrons. The summed E-state index contributed by atoms with van der Waals surface area (Å²) in [6.07, 6.45) is 1.16. The van der Waals surface area contributed by atoms with Gasteiger partial charge in [-0.25, -0.2) is 14.2 Å². The minimum Gasteiger partial charge on any atom is -0.478 e. The quantitative estimate of drug-likeness (QED) is 0.749. The molecule has 0 saturated heterocycles. The van der Waals surface area contributed by atoms with E-state index in [1.54, 1.807) is 0 Å². The highest BCUT2D eigenvalue weighted by atomic mass is 19.1. The first-order valence-corrected chi connectivity index (χ1v) is 4.77. The second kappa shape index (κ2) is 4.62. The minimum absolute atomic E-state index is 0.0299. The maximum absolute atomic E-state index is 13.3. The molecule has 0 aliphatic carbocycles. The molecule has 2 aromatic rings. The second-order valence-electron chi connectivity index (χ2n) is 3.29. The van der Waals surface area contributed by atoms with E-state index in [-0.39, 0.29) is 11.5 Å². The van der Waals surface area contributed by atoms with Crippen LogP contribution in [0.5, 0.6) is 0 Å². The third-order valence-electron chi connectivity index (χ3n) is 2.09. The van der Waals surface area contributed by atoms with Crippen molar-refractivity contribution in [3.8, 4) is 0 Å². The molecule has 1 amide bonds. The predicted octanol–water partition coefficient (Wildman–Crippen LogP) is 0.894. The van der Waals surface area contributed by atoms with Gasteiger partial charge in [0, 0.05) is 5.69 Å². The fourth-order valence-corrected chi connectivity index (χ4v) is 1.27. The van der Waals surface area contributed by atoms with Gasteiger partial charge in [0.05, 0.1) is 5.56 Å². The number of carboxylic acid groups (broad SMARTS) is 1. The number of carbonyl (C=O) groups excluding carboxylic acids is 1. The molecule has 0 saturated carbocycles. The summed E-state index contributed by atoms with van der Waals surface area (Å²) in [5.74, 6) is -2.94. The Balaban J connectivity index is 2.18. The number of aromatic amines is 1. The van der Waals surface area contributed by atoms with Crippen LogP contribution in [0.4, 0.5) is 10.1 Å². The number of nitrogens with one attached hydrogen (secondary N) is 2. The van der Waals surface area contributed by atoms with E-state index >= 15 is 0 Å². The molecule has 0 unspecified atom stereocenters. The average molecular weight is 250 g/mol. The molecular weight excluding hydrogens is 243 g/mol. The Morgan fingerprint density at radius 3 is 2.72 bits per heavy atom. The molecule has 0 spiro atoms. The topological polar surface area (TPSA) is 108 Å². The summed E-state index contributed by atoms with van der Waals surface area (Å²) < 4.78 is 13.3. The third-order valence-corrected chi connectivity index (χ3v) is 2.09. The van der Waals surface area contributed by atoms with Crippen LogP contribution in [0, 0.1) is 5.82 Å². The number of halogens is 1. The first kappa shape index (κ1) is 11.7. The standard InChI is InChI=1S/C10H7FN4O3/c11-7-3-5(1-2-6(7)10(17)18)14-9(16)8-12-4-13-15-8/h1-4H,(H,14,16)(H,17,18)(H,12,13,15). The van der Waals surface area contributed by atoms with Crippen LogP contribution in [0.3, 0.4) is 0 Å². The van der Waals surface area contributed by atoms with Gasteiger partial charge in [-0.15, -0.1) is 0 Å². The van der Waals surface area contributed by atoms with Gasteiger partial charge >= 0.3 is 5.97 Å². The van der Waals surface area contributed by atoms with Crippen LogP contribution in [0.25, 0.3) is 0 Å². The van der Waals surface area contributed by atoms with Crippen molar-refractivity contribution in [3.05, 3.63) is 41.7 Å². The number of anilines is 1. The summed E-state index contributed by atoms with van der Waals surface area (Å²) in [6.45, 7) is 0. The van der Waals surface area contributed by atoms with Crippen molar-refractivity contribution in [2.24, 2.45) is 0 Å². The molecule has 2 rings (SSSR count). The van der Waals surface area contributed by atoms with Crippen LogP contribution in [-0.2, 0) is 0 Å². The Bertz CT molecular complexity index is 597. The molecule has 1 heterocycles. The Hall–Kier alpha value is -2.77. The SMILES string of the molecule is O=C(Nc1ccc(C(=O)O)c(F)c1)c1ncn[nH]1. The lowest BCUT2D eigenvalue weighted by Gasteiger charge is -2.04. The Labute approximate surface area is 99.7 Å². The zero-order valence-electron chi connectivity index (χ0n) is 8.85. The number of amides is 1. The Morgan fingerprint density at radius 2 is 2.17 bits per heavy atom. The molecule has 0 atom stereocenters. The van der Waals surface area contributed by atoms with E-state index in [0.717, 1.165) is 18.5 Å². The van der Waals surface area contributed by atoms with E-state index in [1.165, 1.54) is 6.07 Å². The van der Waals surface area contributed by atoms with Crippen LogP contribution in [0.15, 0.2) is 24.5 Å². The molecule has 0 fully saturated rings. The van der Waals surface area contributed by atoms with Crippen LogP contribution < -0.4 is 5.32 Å². The second-order valence-corrected chi connectivity index (χ2v) is 3.29. The van der Waals surface area contributed by atoms with E-state index < -0.39 is 23.3 Å². The fourth-order valence-electron chi connectivity index (χ4n) is 1.27. The van der Waals surface area contributed by atoms with Gasteiger partial charge < -0.3 is 10.4 Å². The zero-order chi connectivity index (χ0) is 13.1. The maximum Gasteiger partial charge on any atom is 0.338 e. The highest BCUT2D eigenvalue weighted by Crippen LogP contribution is 2.15. The number of nitrogens with zero attached hydrogens (tertiary/aromatic N) is 2. The van der Waals surface area contributed by atoms with Crippen LogP contribution >= 0.6 is 0 Å². The minimum atomic E-state index is -1.37. The maximum atomic E-state index is 13.3. The number of carboxylic acids is 1. The number of aromatic nitrogens is 3. The molecule has 0 aliphatic rings. The van der Waals surface area contributed by atoms with Gasteiger partial charge in [0.2, 0.25) is 5.82 Å². The first-order chi connectivity index (χ1) is 8.58. The van der Waals surface area contributed by atoms with Crippen molar-refractivity contribution in [2.45, 2.75) is 0 Å². The lowest BCUT2D eigenvalue weighted by atomic mass is 10.2. The predicted molar refractivity (Wildman–Crippen MR) is 57.7 cm³/mol. The van der Waals surface area contributed by atoms with Gasteiger partial charge in [-0.05, 0) is 18.2 Å². The van der Waals surface area contributed by atoms with Crippen molar-refractivity contribution in [2.75, 3.05) is 5.32 Å². The summed E-state index contributed by atoms with van der Waals surface area (Å²) >= 11 is 0. The third kappa shape index (κ3) is 2.32. The molecule has 92 valence electrons. The molecule has 7 nitrogen and oxygen atoms in total. The number of hydrogen-bond acceptors (Lipinski definition) is 4. The van der Waals surface area contributed by atoms with Crippen molar-refractivity contribution >= 4 is 17.6 Å². The average Bonchev–Trinajstić information content (AvgIpc) is 2.81. The Kier molecular flexibility index (Phi) is 3.00. The number of benzene rings is 1. The van der Waals surface area contributed by atoms with Crippen molar-refractivity contribution < 1.29 is 19.1 Å². The van der Waals surface area contributed by atoms with Crippen LogP contribution in [-0.4, -0.2) is 32.2 Å². The molecule has 1 aromatic carbocycles. The monoisotopic (exact) mass is 250 g/mol. The van der Waals surface area contributed by atoms with E-state index in [0.29, 0.717) is 0 Å². The van der Waals surface area contributed by atoms with Crippen molar-refractivity contribution in [1.29, 1.82) is 0 Å². The highest BCUT2D eigenvalue weighted by molar-refractivity contribution is 6.01. The van der Waals surface area contributed by atoms with E-state index in [1.807, 2.05) is 0 Å². The summed E-state index contributed by atoms with van der Waals surface area (Å²) in [6, 6.07) is 3.26. The van der Waals surface area contributed by atoms with Crippen molar-refractivity contribution in [3.63, 3.8) is 0 Å². The lowest BCUT2D eigenvalue weighted by molar-refractivity contribution is 0.0692. The normalized spacial score (nSPS) is 10.1. The molecule has 1 aromatic heterocycles. The fraction of sp³-hybridized carbons (Fsp3) is 0. The molecular formula is C10H7FN4O3. The Morgan fingerprint density at radius 1 is 1.39 bits per heavy atom. The van der Waals surface area contributed by atoms with Gasteiger partial charge in [-0.1, -0.05) is 0 Å². The molecule has 3 N–H and O–H groups in total. The number of rotatable bonds is 3. The summed E-state index contributed by atoms with van der Waals surface area (Å²) in [5.41, 5.74) is -0.341. The van der Waals surface area contributed by atoms with Gasteiger partial charge in [0.15, 0.2) is 0 Å². The molecule has 8 heteroatoms.